The largest absolute Gasteiger partial charge is 0.452 e. The first kappa shape index (κ1) is 20.3. The normalized spacial score (nSPS) is 14.3. The highest BCUT2D eigenvalue weighted by Crippen LogP contribution is 2.26. The zero-order valence-corrected chi connectivity index (χ0v) is 16.9. The molecule has 0 spiro atoms. The number of carbonyl (C=O) groups is 2. The van der Waals surface area contributed by atoms with Crippen LogP contribution in [-0.4, -0.2) is 49.6 Å². The van der Waals surface area contributed by atoms with E-state index in [0.717, 1.165) is 10.6 Å². The molecule has 0 N–H and O–H groups in total. The number of rotatable bonds is 6. The molecule has 1 fully saturated rings. The summed E-state index contributed by atoms with van der Waals surface area (Å²) in [5.41, 5.74) is 0.976. The predicted molar refractivity (Wildman–Crippen MR) is 113 cm³/mol. The van der Waals surface area contributed by atoms with Gasteiger partial charge < -0.3 is 14.5 Å². The standard InChI is InChI=1S/C21H21ClN2O3S/c22-18-8-4-5-9-19(18)23-11-13-24(14-12-23)20(25)16-27-21(26)10-15-28-17-6-2-1-3-7-17/h1-10,15H,11-14,16H2/b15-10+. The number of amides is 1. The molecule has 1 heterocycles. The Balaban J connectivity index is 1.39. The van der Waals surface area contributed by atoms with E-state index in [1.54, 1.807) is 10.3 Å². The number of esters is 1. The molecule has 146 valence electrons. The molecular weight excluding hydrogens is 396 g/mol. The summed E-state index contributed by atoms with van der Waals surface area (Å²) in [6.45, 7) is 2.28. The molecule has 3 rings (SSSR count). The topological polar surface area (TPSA) is 49.9 Å². The highest BCUT2D eigenvalue weighted by molar-refractivity contribution is 8.02. The lowest BCUT2D eigenvalue weighted by atomic mass is 10.2. The minimum atomic E-state index is -0.522. The maximum atomic E-state index is 12.3. The van der Waals surface area contributed by atoms with Crippen molar-refractivity contribution in [2.75, 3.05) is 37.7 Å². The van der Waals surface area contributed by atoms with E-state index in [9.17, 15) is 9.59 Å². The molecule has 2 aromatic carbocycles. The average molecular weight is 417 g/mol. The summed E-state index contributed by atoms with van der Waals surface area (Å²) in [5.74, 6) is -0.706. The lowest BCUT2D eigenvalue weighted by molar-refractivity contribution is -0.148. The van der Waals surface area contributed by atoms with Crippen molar-refractivity contribution in [3.63, 3.8) is 0 Å². The molecule has 0 bridgehead atoms. The number of benzene rings is 2. The molecule has 7 heteroatoms. The van der Waals surface area contributed by atoms with Crippen molar-refractivity contribution in [2.24, 2.45) is 0 Å². The second-order valence-electron chi connectivity index (χ2n) is 6.16. The summed E-state index contributed by atoms with van der Waals surface area (Å²) < 4.78 is 5.06. The van der Waals surface area contributed by atoms with Crippen molar-refractivity contribution in [3.8, 4) is 0 Å². The van der Waals surface area contributed by atoms with Crippen molar-refractivity contribution in [3.05, 3.63) is 71.1 Å². The summed E-state index contributed by atoms with van der Waals surface area (Å²) in [6.07, 6.45) is 1.33. The predicted octanol–water partition coefficient (Wildman–Crippen LogP) is 3.84. The summed E-state index contributed by atoms with van der Waals surface area (Å²) in [6, 6.07) is 17.4. The molecule has 0 aliphatic carbocycles. The molecule has 0 aromatic heterocycles. The third-order valence-electron chi connectivity index (χ3n) is 4.31. The van der Waals surface area contributed by atoms with Gasteiger partial charge in [0.15, 0.2) is 6.61 Å². The van der Waals surface area contributed by atoms with Gasteiger partial charge in [-0.3, -0.25) is 4.79 Å². The van der Waals surface area contributed by atoms with Crippen molar-refractivity contribution in [2.45, 2.75) is 4.90 Å². The molecule has 2 aromatic rings. The molecule has 0 unspecified atom stereocenters. The third-order valence-corrected chi connectivity index (χ3v) is 5.45. The molecule has 0 radical (unpaired) electrons. The molecule has 1 aliphatic rings. The minimum absolute atomic E-state index is 0.184. The highest BCUT2D eigenvalue weighted by Gasteiger charge is 2.22. The zero-order valence-electron chi connectivity index (χ0n) is 15.3. The molecule has 5 nitrogen and oxygen atoms in total. The van der Waals surface area contributed by atoms with Gasteiger partial charge in [-0.25, -0.2) is 4.79 Å². The molecule has 1 amide bonds. The van der Waals surface area contributed by atoms with E-state index in [4.69, 9.17) is 16.3 Å². The van der Waals surface area contributed by atoms with E-state index in [2.05, 4.69) is 4.90 Å². The van der Waals surface area contributed by atoms with Gasteiger partial charge in [-0.1, -0.05) is 53.7 Å². The van der Waals surface area contributed by atoms with Crippen LogP contribution in [0.25, 0.3) is 0 Å². The number of carbonyl (C=O) groups excluding carboxylic acids is 2. The van der Waals surface area contributed by atoms with Gasteiger partial charge in [-0.2, -0.15) is 0 Å². The van der Waals surface area contributed by atoms with Gasteiger partial charge in [-0.05, 0) is 29.7 Å². The number of thioether (sulfide) groups is 1. The van der Waals surface area contributed by atoms with Crippen LogP contribution in [0, 0.1) is 0 Å². The lowest BCUT2D eigenvalue weighted by Crippen LogP contribution is -2.50. The zero-order chi connectivity index (χ0) is 19.8. The average Bonchev–Trinajstić information content (AvgIpc) is 2.73. The number of hydrogen-bond donors (Lipinski definition) is 0. The Labute approximate surface area is 173 Å². The number of nitrogens with zero attached hydrogens (tertiary/aromatic N) is 2. The van der Waals surface area contributed by atoms with E-state index >= 15 is 0 Å². The van der Waals surface area contributed by atoms with Crippen LogP contribution in [0.4, 0.5) is 5.69 Å². The molecule has 1 saturated heterocycles. The minimum Gasteiger partial charge on any atom is -0.452 e. The number of para-hydroxylation sites is 1. The fourth-order valence-corrected chi connectivity index (χ4v) is 3.75. The summed E-state index contributed by atoms with van der Waals surface area (Å²) in [7, 11) is 0. The van der Waals surface area contributed by atoms with Crippen molar-refractivity contribution < 1.29 is 14.3 Å². The summed E-state index contributed by atoms with van der Waals surface area (Å²) >= 11 is 7.65. The van der Waals surface area contributed by atoms with Gasteiger partial charge >= 0.3 is 5.97 Å². The van der Waals surface area contributed by atoms with Crippen LogP contribution in [0.15, 0.2) is 71.0 Å². The third kappa shape index (κ3) is 5.78. The van der Waals surface area contributed by atoms with Gasteiger partial charge in [0.25, 0.3) is 5.91 Å². The maximum absolute atomic E-state index is 12.3. The highest BCUT2D eigenvalue weighted by atomic mass is 35.5. The van der Waals surface area contributed by atoms with Gasteiger partial charge in [-0.15, -0.1) is 0 Å². The SMILES string of the molecule is O=C(/C=C/Sc1ccccc1)OCC(=O)N1CCN(c2ccccc2Cl)CC1. The molecule has 0 atom stereocenters. The molecule has 1 aliphatic heterocycles. The number of ether oxygens (including phenoxy) is 1. The quantitative estimate of drug-likeness (QED) is 0.407. The van der Waals surface area contributed by atoms with Gasteiger partial charge in [0.1, 0.15) is 0 Å². The molecular formula is C21H21ClN2O3S. The van der Waals surface area contributed by atoms with Crippen LogP contribution in [0.5, 0.6) is 0 Å². The second-order valence-corrected chi connectivity index (χ2v) is 7.55. The van der Waals surface area contributed by atoms with Gasteiger partial charge in [0.05, 0.1) is 10.7 Å². The first-order chi connectivity index (χ1) is 13.6. The van der Waals surface area contributed by atoms with Crippen molar-refractivity contribution in [1.29, 1.82) is 0 Å². The Hall–Kier alpha value is -2.44. The van der Waals surface area contributed by atoms with Crippen LogP contribution in [0.1, 0.15) is 0 Å². The van der Waals surface area contributed by atoms with Gasteiger partial charge in [0.2, 0.25) is 0 Å². The fraction of sp³-hybridized carbons (Fsp3) is 0.238. The Bertz CT molecular complexity index is 837. The number of piperazine rings is 1. The van der Waals surface area contributed by atoms with E-state index in [1.165, 1.54) is 17.8 Å². The monoisotopic (exact) mass is 416 g/mol. The van der Waals surface area contributed by atoms with Crippen LogP contribution in [0.3, 0.4) is 0 Å². The number of halogens is 1. The summed E-state index contributed by atoms with van der Waals surface area (Å²) in [4.78, 5) is 29.0. The first-order valence-electron chi connectivity index (χ1n) is 8.96. The van der Waals surface area contributed by atoms with E-state index in [-0.39, 0.29) is 12.5 Å². The van der Waals surface area contributed by atoms with Crippen LogP contribution in [0.2, 0.25) is 5.02 Å². The van der Waals surface area contributed by atoms with Crippen molar-refractivity contribution >= 4 is 40.9 Å². The Morgan fingerprint density at radius 3 is 2.39 bits per heavy atom. The van der Waals surface area contributed by atoms with Gasteiger partial charge in [0, 0.05) is 37.2 Å². The first-order valence-corrected chi connectivity index (χ1v) is 10.2. The van der Waals surface area contributed by atoms with Crippen LogP contribution >= 0.6 is 23.4 Å². The molecule has 0 saturated carbocycles. The smallest absolute Gasteiger partial charge is 0.331 e. The van der Waals surface area contributed by atoms with E-state index < -0.39 is 5.97 Å². The number of anilines is 1. The van der Waals surface area contributed by atoms with Crippen molar-refractivity contribution in [1.82, 2.24) is 4.90 Å². The Morgan fingerprint density at radius 2 is 1.68 bits per heavy atom. The molecule has 28 heavy (non-hydrogen) atoms. The maximum Gasteiger partial charge on any atom is 0.331 e. The summed E-state index contributed by atoms with van der Waals surface area (Å²) in [5, 5.41) is 2.36. The van der Waals surface area contributed by atoms with Crippen LogP contribution in [-0.2, 0) is 14.3 Å². The second kappa shape index (κ2) is 10.2. The fourth-order valence-electron chi connectivity index (χ4n) is 2.84. The Morgan fingerprint density at radius 1 is 1.00 bits per heavy atom. The number of hydrogen-bond acceptors (Lipinski definition) is 5. The van der Waals surface area contributed by atoms with E-state index in [1.807, 2.05) is 54.6 Å². The Kier molecular flexibility index (Phi) is 7.39. The lowest BCUT2D eigenvalue weighted by Gasteiger charge is -2.36. The van der Waals surface area contributed by atoms with Crippen LogP contribution < -0.4 is 4.90 Å². The van der Waals surface area contributed by atoms with E-state index in [0.29, 0.717) is 31.2 Å².